The number of nitrogens with one attached hydrogen (secondary N) is 1. The summed E-state index contributed by atoms with van der Waals surface area (Å²) in [5.74, 6) is 1.75. The Kier molecular flexibility index (Phi) is 6.07. The standard InChI is InChI=1S/C28H28N2O5/c1-4-26(32)30-21-9-6-5-8-19(21)29-20-14-18(23-10-7-13-35-23)15-22(31)27(20)28(30)17-11-12-24(33-2)25(16-17)34-3/h5-13,16,18,28-29H,4,14-15H2,1-3H3/t18-,28-/m1/s1. The van der Waals surface area contributed by atoms with Gasteiger partial charge in [0.15, 0.2) is 17.3 Å². The van der Waals surface area contributed by atoms with Gasteiger partial charge in [0, 0.05) is 30.0 Å². The summed E-state index contributed by atoms with van der Waals surface area (Å²) in [6.07, 6.45) is 2.83. The first-order chi connectivity index (χ1) is 17.0. The van der Waals surface area contributed by atoms with Crippen LogP contribution in [-0.4, -0.2) is 25.9 Å². The molecular weight excluding hydrogens is 444 g/mol. The van der Waals surface area contributed by atoms with Gasteiger partial charge in [0.1, 0.15) is 5.76 Å². The molecule has 5 rings (SSSR count). The molecule has 0 unspecified atom stereocenters. The normalized spacial score (nSPS) is 19.4. The number of ketones is 1. The number of anilines is 2. The van der Waals surface area contributed by atoms with Crippen LogP contribution in [0.15, 0.2) is 76.5 Å². The SMILES string of the molecule is CCC(=O)N1c2ccccc2NC2=C(C(=O)C[C@H](c3ccco3)C2)[C@H]1c1ccc(OC)c(OC)c1. The Morgan fingerprint density at radius 3 is 2.57 bits per heavy atom. The third-order valence-corrected chi connectivity index (χ3v) is 6.73. The lowest BCUT2D eigenvalue weighted by Gasteiger charge is -2.35. The number of carbonyl (C=O) groups excluding carboxylic acids is 2. The summed E-state index contributed by atoms with van der Waals surface area (Å²) in [7, 11) is 3.15. The number of rotatable bonds is 5. The summed E-state index contributed by atoms with van der Waals surface area (Å²) in [6.45, 7) is 1.83. The zero-order valence-electron chi connectivity index (χ0n) is 20.0. The van der Waals surface area contributed by atoms with Crippen molar-refractivity contribution in [3.8, 4) is 11.5 Å². The van der Waals surface area contributed by atoms with Gasteiger partial charge in [0.25, 0.3) is 0 Å². The van der Waals surface area contributed by atoms with E-state index in [1.54, 1.807) is 25.4 Å². The van der Waals surface area contributed by atoms with E-state index in [1.807, 2.05) is 61.5 Å². The number of allylic oxidation sites excluding steroid dienone is 1. The summed E-state index contributed by atoms with van der Waals surface area (Å²) in [6, 6.07) is 16.4. The Bertz CT molecular complexity index is 1290. The number of furan rings is 1. The van der Waals surface area contributed by atoms with Crippen LogP contribution >= 0.6 is 0 Å². The molecule has 2 aliphatic rings. The van der Waals surface area contributed by atoms with Crippen molar-refractivity contribution in [2.75, 3.05) is 24.4 Å². The Labute approximate surface area is 204 Å². The van der Waals surface area contributed by atoms with E-state index >= 15 is 0 Å². The lowest BCUT2D eigenvalue weighted by Crippen LogP contribution is -2.38. The van der Waals surface area contributed by atoms with E-state index < -0.39 is 6.04 Å². The Hall–Kier alpha value is -4.00. The number of para-hydroxylation sites is 2. The molecule has 0 saturated heterocycles. The van der Waals surface area contributed by atoms with Gasteiger partial charge in [-0.3, -0.25) is 14.5 Å². The maximum Gasteiger partial charge on any atom is 0.227 e. The largest absolute Gasteiger partial charge is 0.493 e. The average Bonchev–Trinajstić information content (AvgIpc) is 3.38. The fraction of sp³-hybridized carbons (Fsp3) is 0.286. The topological polar surface area (TPSA) is 81.0 Å². The van der Waals surface area contributed by atoms with Crippen LogP contribution in [0.1, 0.15) is 49.5 Å². The molecule has 1 N–H and O–H groups in total. The van der Waals surface area contributed by atoms with Crippen LogP contribution in [0.25, 0.3) is 0 Å². The Balaban J connectivity index is 1.74. The number of hydrogen-bond donors (Lipinski definition) is 1. The minimum atomic E-state index is -0.613. The number of benzene rings is 2. The summed E-state index contributed by atoms with van der Waals surface area (Å²) in [5, 5.41) is 3.51. The maximum atomic E-state index is 13.8. The molecule has 0 fully saturated rings. The van der Waals surface area contributed by atoms with Gasteiger partial charge in [0.05, 0.1) is 37.9 Å². The van der Waals surface area contributed by atoms with Crippen molar-refractivity contribution < 1.29 is 23.5 Å². The van der Waals surface area contributed by atoms with Crippen LogP contribution in [0.4, 0.5) is 11.4 Å². The van der Waals surface area contributed by atoms with Crippen LogP contribution in [0.5, 0.6) is 11.5 Å². The second-order valence-electron chi connectivity index (χ2n) is 8.71. The smallest absolute Gasteiger partial charge is 0.227 e. The number of methoxy groups -OCH3 is 2. The van der Waals surface area contributed by atoms with E-state index in [2.05, 4.69) is 5.32 Å². The molecule has 0 bridgehead atoms. The van der Waals surface area contributed by atoms with E-state index in [0.717, 1.165) is 28.4 Å². The number of hydrogen-bond acceptors (Lipinski definition) is 6. The molecule has 0 radical (unpaired) electrons. The molecular formula is C28H28N2O5. The van der Waals surface area contributed by atoms with Gasteiger partial charge < -0.3 is 19.2 Å². The molecule has 180 valence electrons. The van der Waals surface area contributed by atoms with Crippen LogP contribution in [0, 0.1) is 0 Å². The average molecular weight is 473 g/mol. The third-order valence-electron chi connectivity index (χ3n) is 6.73. The molecule has 0 spiro atoms. The van der Waals surface area contributed by atoms with Crippen LogP contribution in [-0.2, 0) is 9.59 Å². The molecule has 1 amide bonds. The van der Waals surface area contributed by atoms with Crippen LogP contribution in [0.3, 0.4) is 0 Å². The highest BCUT2D eigenvalue weighted by molar-refractivity contribution is 6.06. The zero-order valence-corrected chi connectivity index (χ0v) is 20.0. The van der Waals surface area contributed by atoms with E-state index in [4.69, 9.17) is 13.9 Å². The summed E-state index contributed by atoms with van der Waals surface area (Å²) < 4.78 is 16.6. The molecule has 2 atom stereocenters. The lowest BCUT2D eigenvalue weighted by molar-refractivity contribution is -0.119. The summed E-state index contributed by atoms with van der Waals surface area (Å²) in [5.41, 5.74) is 3.70. The summed E-state index contributed by atoms with van der Waals surface area (Å²) in [4.78, 5) is 29.0. The number of amides is 1. The number of ether oxygens (including phenoxy) is 2. The van der Waals surface area contributed by atoms with Crippen molar-refractivity contribution in [1.82, 2.24) is 0 Å². The molecule has 2 heterocycles. The van der Waals surface area contributed by atoms with Gasteiger partial charge in [-0.1, -0.05) is 25.1 Å². The number of Topliss-reactive ketones (excluding diaryl/α,β-unsaturated/α-hetero) is 1. The van der Waals surface area contributed by atoms with Crippen molar-refractivity contribution in [3.63, 3.8) is 0 Å². The van der Waals surface area contributed by atoms with Crippen molar-refractivity contribution >= 4 is 23.1 Å². The predicted octanol–water partition coefficient (Wildman–Crippen LogP) is 5.61. The van der Waals surface area contributed by atoms with E-state index in [0.29, 0.717) is 36.3 Å². The molecule has 7 nitrogen and oxygen atoms in total. The maximum absolute atomic E-state index is 13.8. The Morgan fingerprint density at radius 2 is 1.86 bits per heavy atom. The molecule has 2 aromatic carbocycles. The van der Waals surface area contributed by atoms with Gasteiger partial charge in [0.2, 0.25) is 5.91 Å². The van der Waals surface area contributed by atoms with Gasteiger partial charge in [-0.15, -0.1) is 0 Å². The molecule has 1 aliphatic carbocycles. The van der Waals surface area contributed by atoms with Gasteiger partial charge in [-0.05, 0) is 48.4 Å². The molecule has 7 heteroatoms. The third kappa shape index (κ3) is 3.97. The predicted molar refractivity (Wildman–Crippen MR) is 133 cm³/mol. The second-order valence-corrected chi connectivity index (χ2v) is 8.71. The number of carbonyl (C=O) groups is 2. The van der Waals surface area contributed by atoms with Crippen molar-refractivity contribution in [2.24, 2.45) is 0 Å². The quantitative estimate of drug-likeness (QED) is 0.520. The van der Waals surface area contributed by atoms with E-state index in [1.165, 1.54) is 0 Å². The van der Waals surface area contributed by atoms with E-state index in [-0.39, 0.29) is 17.6 Å². The minimum absolute atomic E-state index is 0.0124. The van der Waals surface area contributed by atoms with Crippen molar-refractivity contribution in [2.45, 2.75) is 38.1 Å². The lowest BCUT2D eigenvalue weighted by atomic mass is 9.80. The van der Waals surface area contributed by atoms with E-state index in [9.17, 15) is 9.59 Å². The highest BCUT2D eigenvalue weighted by Gasteiger charge is 2.42. The highest BCUT2D eigenvalue weighted by Crippen LogP contribution is 2.48. The first-order valence-corrected chi connectivity index (χ1v) is 11.7. The van der Waals surface area contributed by atoms with Gasteiger partial charge in [-0.2, -0.15) is 0 Å². The highest BCUT2D eigenvalue weighted by atomic mass is 16.5. The number of nitrogens with zero attached hydrogens (tertiary/aromatic N) is 1. The molecule has 35 heavy (non-hydrogen) atoms. The fourth-order valence-electron chi connectivity index (χ4n) is 5.10. The molecule has 1 aliphatic heterocycles. The molecule has 0 saturated carbocycles. The molecule has 3 aromatic rings. The van der Waals surface area contributed by atoms with Gasteiger partial charge in [-0.25, -0.2) is 0 Å². The van der Waals surface area contributed by atoms with Gasteiger partial charge >= 0.3 is 0 Å². The zero-order chi connectivity index (χ0) is 24.5. The first kappa shape index (κ1) is 22.8. The summed E-state index contributed by atoms with van der Waals surface area (Å²) >= 11 is 0. The first-order valence-electron chi connectivity index (χ1n) is 11.7. The fourth-order valence-corrected chi connectivity index (χ4v) is 5.10. The van der Waals surface area contributed by atoms with Crippen LogP contribution in [0.2, 0.25) is 0 Å². The minimum Gasteiger partial charge on any atom is -0.493 e. The van der Waals surface area contributed by atoms with Crippen LogP contribution < -0.4 is 19.7 Å². The Morgan fingerprint density at radius 1 is 1.06 bits per heavy atom. The monoisotopic (exact) mass is 472 g/mol. The second kappa shape index (κ2) is 9.33. The van der Waals surface area contributed by atoms with Crippen molar-refractivity contribution in [3.05, 3.63) is 83.5 Å². The van der Waals surface area contributed by atoms with Crippen molar-refractivity contribution in [1.29, 1.82) is 0 Å². The molecule has 1 aromatic heterocycles. The number of fused-ring (bicyclic) bond motifs is 1.